The molecular weight excluding hydrogens is 184 g/mol. The molecule has 0 spiro atoms. The molecule has 78 valence electrons. The van der Waals surface area contributed by atoms with Crippen molar-refractivity contribution in [2.75, 3.05) is 13.1 Å². The zero-order valence-electron chi connectivity index (χ0n) is 9.11. The maximum Gasteiger partial charge on any atom is 0.0824 e. The van der Waals surface area contributed by atoms with Crippen LogP contribution in [0.3, 0.4) is 0 Å². The van der Waals surface area contributed by atoms with Gasteiger partial charge in [0, 0.05) is 19.6 Å². The first kappa shape index (κ1) is 10.2. The summed E-state index contributed by atoms with van der Waals surface area (Å²) in [4.78, 5) is 2.34. The van der Waals surface area contributed by atoms with E-state index in [-0.39, 0.29) is 5.41 Å². The summed E-state index contributed by atoms with van der Waals surface area (Å²) >= 11 is 0. The maximum absolute atomic E-state index is 9.04. The Morgan fingerprint density at radius 2 is 2.00 bits per heavy atom. The molecule has 0 aromatic heterocycles. The fourth-order valence-electron chi connectivity index (χ4n) is 2.14. The first-order valence-corrected chi connectivity index (χ1v) is 5.45. The van der Waals surface area contributed by atoms with Gasteiger partial charge in [0.25, 0.3) is 0 Å². The standard InChI is InChI=1S/C13H16N2/c1-2-13(9-14)10-15(11-13)8-12-6-4-3-5-7-12/h3-7H,2,8,10-11H2,1H3. The molecule has 0 atom stereocenters. The van der Waals surface area contributed by atoms with Gasteiger partial charge in [-0.05, 0) is 12.0 Å². The van der Waals surface area contributed by atoms with E-state index in [1.807, 2.05) is 6.07 Å². The van der Waals surface area contributed by atoms with Crippen LogP contribution in [0.25, 0.3) is 0 Å². The molecule has 1 aromatic rings. The third-order valence-corrected chi connectivity index (χ3v) is 3.22. The summed E-state index contributed by atoms with van der Waals surface area (Å²) in [5.74, 6) is 0. The molecule has 1 saturated heterocycles. The van der Waals surface area contributed by atoms with Gasteiger partial charge in [-0.15, -0.1) is 0 Å². The summed E-state index contributed by atoms with van der Waals surface area (Å²) in [6.45, 7) is 4.93. The van der Waals surface area contributed by atoms with Gasteiger partial charge >= 0.3 is 0 Å². The molecule has 0 aliphatic carbocycles. The molecule has 0 N–H and O–H groups in total. The molecule has 1 heterocycles. The van der Waals surface area contributed by atoms with Crippen molar-refractivity contribution in [1.29, 1.82) is 5.26 Å². The fraction of sp³-hybridized carbons (Fsp3) is 0.462. The SMILES string of the molecule is CCC1(C#N)CN(Cc2ccccc2)C1. The summed E-state index contributed by atoms with van der Waals surface area (Å²) in [7, 11) is 0. The van der Waals surface area contributed by atoms with Crippen LogP contribution >= 0.6 is 0 Å². The van der Waals surface area contributed by atoms with Crippen molar-refractivity contribution in [3.05, 3.63) is 35.9 Å². The second-order valence-electron chi connectivity index (χ2n) is 4.38. The Kier molecular flexibility index (Phi) is 2.75. The molecule has 0 radical (unpaired) electrons. The molecule has 15 heavy (non-hydrogen) atoms. The van der Waals surface area contributed by atoms with E-state index >= 15 is 0 Å². The molecule has 1 fully saturated rings. The third-order valence-electron chi connectivity index (χ3n) is 3.22. The first-order chi connectivity index (χ1) is 7.28. The largest absolute Gasteiger partial charge is 0.296 e. The van der Waals surface area contributed by atoms with Gasteiger partial charge in [-0.1, -0.05) is 37.3 Å². The van der Waals surface area contributed by atoms with Crippen LogP contribution in [0.2, 0.25) is 0 Å². The molecule has 0 bridgehead atoms. The molecule has 2 heteroatoms. The van der Waals surface area contributed by atoms with E-state index in [2.05, 4.69) is 42.2 Å². The number of benzene rings is 1. The Hall–Kier alpha value is -1.33. The average molecular weight is 200 g/mol. The molecule has 2 rings (SSSR count). The highest BCUT2D eigenvalue weighted by atomic mass is 15.2. The normalized spacial score (nSPS) is 19.2. The minimum Gasteiger partial charge on any atom is -0.296 e. The highest BCUT2D eigenvalue weighted by Gasteiger charge is 2.41. The summed E-state index contributed by atoms with van der Waals surface area (Å²) in [6.07, 6.45) is 0.967. The van der Waals surface area contributed by atoms with E-state index in [9.17, 15) is 0 Å². The topological polar surface area (TPSA) is 27.0 Å². The Labute approximate surface area is 91.1 Å². The lowest BCUT2D eigenvalue weighted by Gasteiger charge is -2.45. The van der Waals surface area contributed by atoms with Crippen LogP contribution in [-0.2, 0) is 6.54 Å². The number of likely N-dealkylation sites (tertiary alicyclic amines) is 1. The minimum absolute atomic E-state index is 0.0607. The number of rotatable bonds is 3. The highest BCUT2D eigenvalue weighted by Crippen LogP contribution is 2.33. The zero-order chi connectivity index (χ0) is 10.7. The number of hydrogen-bond donors (Lipinski definition) is 0. The van der Waals surface area contributed by atoms with Gasteiger partial charge in [-0.25, -0.2) is 0 Å². The lowest BCUT2D eigenvalue weighted by atomic mass is 9.79. The van der Waals surface area contributed by atoms with Crippen molar-refractivity contribution in [1.82, 2.24) is 4.90 Å². The van der Waals surface area contributed by atoms with Crippen molar-refractivity contribution in [3.63, 3.8) is 0 Å². The van der Waals surface area contributed by atoms with E-state index in [1.165, 1.54) is 5.56 Å². The molecule has 1 aliphatic heterocycles. The van der Waals surface area contributed by atoms with E-state index in [1.54, 1.807) is 0 Å². The second kappa shape index (κ2) is 4.04. The Bertz CT molecular complexity index is 358. The monoisotopic (exact) mass is 200 g/mol. The lowest BCUT2D eigenvalue weighted by molar-refractivity contribution is 0.0358. The van der Waals surface area contributed by atoms with Gasteiger partial charge in [0.15, 0.2) is 0 Å². The summed E-state index contributed by atoms with van der Waals surface area (Å²) in [5.41, 5.74) is 1.27. The van der Waals surface area contributed by atoms with E-state index in [0.717, 1.165) is 26.1 Å². The Morgan fingerprint density at radius 1 is 1.33 bits per heavy atom. The number of nitriles is 1. The van der Waals surface area contributed by atoms with Gasteiger partial charge in [-0.3, -0.25) is 4.90 Å². The van der Waals surface area contributed by atoms with E-state index < -0.39 is 0 Å². The second-order valence-corrected chi connectivity index (χ2v) is 4.38. The molecule has 0 saturated carbocycles. The van der Waals surface area contributed by atoms with Crippen molar-refractivity contribution >= 4 is 0 Å². The van der Waals surface area contributed by atoms with Gasteiger partial charge in [-0.2, -0.15) is 5.26 Å². The van der Waals surface area contributed by atoms with Crippen LogP contribution in [-0.4, -0.2) is 18.0 Å². The quantitative estimate of drug-likeness (QED) is 0.749. The van der Waals surface area contributed by atoms with Crippen LogP contribution < -0.4 is 0 Å². The molecular formula is C13H16N2. The van der Waals surface area contributed by atoms with Crippen LogP contribution in [0.1, 0.15) is 18.9 Å². The molecule has 0 amide bonds. The van der Waals surface area contributed by atoms with Crippen molar-refractivity contribution < 1.29 is 0 Å². The van der Waals surface area contributed by atoms with Crippen LogP contribution in [0.15, 0.2) is 30.3 Å². The van der Waals surface area contributed by atoms with Gasteiger partial charge < -0.3 is 0 Å². The summed E-state index contributed by atoms with van der Waals surface area (Å²) in [6, 6.07) is 12.9. The number of hydrogen-bond acceptors (Lipinski definition) is 2. The predicted octanol–water partition coefficient (Wildman–Crippen LogP) is 2.42. The maximum atomic E-state index is 9.04. The first-order valence-electron chi connectivity index (χ1n) is 5.45. The van der Waals surface area contributed by atoms with Crippen LogP contribution in [0, 0.1) is 16.7 Å². The fourth-order valence-corrected chi connectivity index (χ4v) is 2.14. The molecule has 0 unspecified atom stereocenters. The van der Waals surface area contributed by atoms with Crippen LogP contribution in [0.4, 0.5) is 0 Å². The third kappa shape index (κ3) is 2.03. The van der Waals surface area contributed by atoms with Crippen molar-refractivity contribution in [2.24, 2.45) is 5.41 Å². The van der Waals surface area contributed by atoms with Crippen molar-refractivity contribution in [2.45, 2.75) is 19.9 Å². The van der Waals surface area contributed by atoms with Gasteiger partial charge in [0.2, 0.25) is 0 Å². The Morgan fingerprint density at radius 3 is 2.53 bits per heavy atom. The molecule has 2 nitrogen and oxygen atoms in total. The summed E-state index contributed by atoms with van der Waals surface area (Å²) < 4.78 is 0. The molecule has 1 aliphatic rings. The van der Waals surface area contributed by atoms with E-state index in [0.29, 0.717) is 0 Å². The summed E-state index contributed by atoms with van der Waals surface area (Å²) in [5, 5.41) is 9.04. The molecule has 1 aromatic carbocycles. The Balaban J connectivity index is 1.89. The number of nitrogens with zero attached hydrogens (tertiary/aromatic N) is 2. The predicted molar refractivity (Wildman–Crippen MR) is 60.1 cm³/mol. The lowest BCUT2D eigenvalue weighted by Crippen LogP contribution is -2.54. The van der Waals surface area contributed by atoms with Crippen LogP contribution in [0.5, 0.6) is 0 Å². The van der Waals surface area contributed by atoms with E-state index in [4.69, 9.17) is 5.26 Å². The van der Waals surface area contributed by atoms with Gasteiger partial charge in [0.1, 0.15) is 0 Å². The minimum atomic E-state index is -0.0607. The zero-order valence-corrected chi connectivity index (χ0v) is 9.11. The highest BCUT2D eigenvalue weighted by molar-refractivity contribution is 5.17. The average Bonchev–Trinajstić information content (AvgIpc) is 2.24. The van der Waals surface area contributed by atoms with Gasteiger partial charge in [0.05, 0.1) is 11.5 Å². The smallest absolute Gasteiger partial charge is 0.0824 e. The van der Waals surface area contributed by atoms with Crippen molar-refractivity contribution in [3.8, 4) is 6.07 Å².